The Balaban J connectivity index is 2.62. The van der Waals surface area contributed by atoms with E-state index in [1.165, 1.54) is 0 Å². The zero-order valence-electron chi connectivity index (χ0n) is 12.8. The molecular weight excluding hydrogens is 255 g/mol. The van der Waals surface area contributed by atoms with Gasteiger partial charge in [-0.25, -0.2) is 4.39 Å². The number of rotatable bonds is 9. The second kappa shape index (κ2) is 8.93. The highest BCUT2D eigenvalue weighted by atomic mass is 19.1. The SMILES string of the molecule is CCNC(C)c1ccc(N(C)CCCCCO)c(F)c1. The van der Waals surface area contributed by atoms with Crippen LogP contribution in [0.4, 0.5) is 10.1 Å². The first-order valence-electron chi connectivity index (χ1n) is 7.45. The molecule has 0 heterocycles. The quantitative estimate of drug-likeness (QED) is 0.683. The molecule has 2 N–H and O–H groups in total. The van der Waals surface area contributed by atoms with Crippen LogP contribution in [0.2, 0.25) is 0 Å². The average Bonchev–Trinajstić information content (AvgIpc) is 2.43. The van der Waals surface area contributed by atoms with E-state index in [1.807, 2.05) is 37.9 Å². The van der Waals surface area contributed by atoms with Crippen LogP contribution in [0.25, 0.3) is 0 Å². The highest BCUT2D eigenvalue weighted by Gasteiger charge is 2.11. The molecule has 3 nitrogen and oxygen atoms in total. The number of aliphatic hydroxyl groups is 1. The van der Waals surface area contributed by atoms with Gasteiger partial charge in [-0.15, -0.1) is 0 Å². The summed E-state index contributed by atoms with van der Waals surface area (Å²) in [6.45, 7) is 5.99. The molecule has 0 aromatic heterocycles. The Kier molecular flexibility index (Phi) is 7.55. The Morgan fingerprint density at radius 3 is 2.65 bits per heavy atom. The molecular formula is C16H27FN2O. The topological polar surface area (TPSA) is 35.5 Å². The van der Waals surface area contributed by atoms with Crippen LogP contribution >= 0.6 is 0 Å². The van der Waals surface area contributed by atoms with Crippen molar-refractivity contribution < 1.29 is 9.50 Å². The van der Waals surface area contributed by atoms with E-state index in [1.54, 1.807) is 6.07 Å². The smallest absolute Gasteiger partial charge is 0.146 e. The number of hydrogen-bond acceptors (Lipinski definition) is 3. The maximum absolute atomic E-state index is 14.2. The van der Waals surface area contributed by atoms with Gasteiger partial charge in [0, 0.05) is 26.2 Å². The first-order chi connectivity index (χ1) is 9.60. The summed E-state index contributed by atoms with van der Waals surface area (Å²) in [4.78, 5) is 1.94. The molecule has 0 bridgehead atoms. The molecule has 4 heteroatoms. The number of aliphatic hydroxyl groups excluding tert-OH is 1. The number of unbranched alkanes of at least 4 members (excludes halogenated alkanes) is 2. The van der Waals surface area contributed by atoms with Crippen molar-refractivity contribution in [2.45, 2.75) is 39.2 Å². The third kappa shape index (κ3) is 5.10. The van der Waals surface area contributed by atoms with Crippen LogP contribution in [-0.4, -0.2) is 31.9 Å². The lowest BCUT2D eigenvalue weighted by molar-refractivity contribution is 0.283. The highest BCUT2D eigenvalue weighted by Crippen LogP contribution is 2.23. The molecule has 0 aliphatic carbocycles. The van der Waals surface area contributed by atoms with Crippen LogP contribution < -0.4 is 10.2 Å². The highest BCUT2D eigenvalue weighted by molar-refractivity contribution is 5.48. The van der Waals surface area contributed by atoms with E-state index in [9.17, 15) is 4.39 Å². The minimum atomic E-state index is -0.170. The molecule has 1 rings (SSSR count). The standard InChI is InChI=1S/C16H27FN2O/c1-4-18-13(2)14-8-9-16(15(17)12-14)19(3)10-6-5-7-11-20/h8-9,12-13,18,20H,4-7,10-11H2,1-3H3. The first-order valence-corrected chi connectivity index (χ1v) is 7.45. The van der Waals surface area contributed by atoms with Crippen LogP contribution in [0.5, 0.6) is 0 Å². The van der Waals surface area contributed by atoms with Gasteiger partial charge in [0.05, 0.1) is 5.69 Å². The summed E-state index contributed by atoms with van der Waals surface area (Å²) in [5.74, 6) is -0.170. The van der Waals surface area contributed by atoms with Crippen LogP contribution in [-0.2, 0) is 0 Å². The van der Waals surface area contributed by atoms with Gasteiger partial charge < -0.3 is 15.3 Å². The Bertz CT molecular complexity index is 398. The van der Waals surface area contributed by atoms with Gasteiger partial charge in [-0.2, -0.15) is 0 Å². The molecule has 0 amide bonds. The van der Waals surface area contributed by atoms with Crippen LogP contribution in [0.15, 0.2) is 18.2 Å². The third-order valence-corrected chi connectivity index (χ3v) is 3.54. The Morgan fingerprint density at radius 2 is 2.05 bits per heavy atom. The minimum Gasteiger partial charge on any atom is -0.396 e. The molecule has 1 atom stereocenters. The Labute approximate surface area is 121 Å². The van der Waals surface area contributed by atoms with Crippen molar-refractivity contribution in [3.63, 3.8) is 0 Å². The summed E-state index contributed by atoms with van der Waals surface area (Å²) in [6, 6.07) is 5.62. The van der Waals surface area contributed by atoms with Crippen LogP contribution in [0.3, 0.4) is 0 Å². The van der Waals surface area contributed by atoms with Gasteiger partial charge >= 0.3 is 0 Å². The van der Waals surface area contributed by atoms with Crippen molar-refractivity contribution in [1.29, 1.82) is 0 Å². The van der Waals surface area contributed by atoms with Gasteiger partial charge in [-0.05, 0) is 50.4 Å². The summed E-state index contributed by atoms with van der Waals surface area (Å²) in [5, 5.41) is 12.0. The lowest BCUT2D eigenvalue weighted by atomic mass is 10.1. The number of halogens is 1. The van der Waals surface area contributed by atoms with E-state index in [-0.39, 0.29) is 18.5 Å². The Hall–Kier alpha value is -1.13. The molecule has 0 spiro atoms. The number of hydrogen-bond donors (Lipinski definition) is 2. The fourth-order valence-electron chi connectivity index (χ4n) is 2.28. The van der Waals surface area contributed by atoms with E-state index in [0.717, 1.165) is 37.9 Å². The number of anilines is 1. The third-order valence-electron chi connectivity index (χ3n) is 3.54. The van der Waals surface area contributed by atoms with Crippen molar-refractivity contribution in [2.75, 3.05) is 31.6 Å². The summed E-state index contributed by atoms with van der Waals surface area (Å²) in [7, 11) is 1.91. The van der Waals surface area contributed by atoms with E-state index in [4.69, 9.17) is 5.11 Å². The molecule has 1 aromatic rings. The zero-order valence-corrected chi connectivity index (χ0v) is 12.8. The molecule has 0 radical (unpaired) electrons. The van der Waals surface area contributed by atoms with Gasteiger partial charge in [0.1, 0.15) is 5.82 Å². The van der Waals surface area contributed by atoms with Gasteiger partial charge in [-0.3, -0.25) is 0 Å². The van der Waals surface area contributed by atoms with Crippen molar-refractivity contribution in [3.05, 3.63) is 29.6 Å². The monoisotopic (exact) mass is 282 g/mol. The van der Waals surface area contributed by atoms with Crippen molar-refractivity contribution in [3.8, 4) is 0 Å². The largest absolute Gasteiger partial charge is 0.396 e. The van der Waals surface area contributed by atoms with Gasteiger partial charge in [0.25, 0.3) is 0 Å². The number of nitrogens with zero attached hydrogens (tertiary/aromatic N) is 1. The fraction of sp³-hybridized carbons (Fsp3) is 0.625. The maximum Gasteiger partial charge on any atom is 0.146 e. The molecule has 114 valence electrons. The second-order valence-corrected chi connectivity index (χ2v) is 5.20. The van der Waals surface area contributed by atoms with E-state index >= 15 is 0 Å². The summed E-state index contributed by atoms with van der Waals surface area (Å²) < 4.78 is 14.2. The maximum atomic E-state index is 14.2. The van der Waals surface area contributed by atoms with Gasteiger partial charge in [0.2, 0.25) is 0 Å². The molecule has 1 unspecified atom stereocenters. The summed E-state index contributed by atoms with van der Waals surface area (Å²) in [5.41, 5.74) is 1.61. The van der Waals surface area contributed by atoms with Gasteiger partial charge in [0.15, 0.2) is 0 Å². The number of nitrogens with one attached hydrogen (secondary N) is 1. The second-order valence-electron chi connectivity index (χ2n) is 5.20. The van der Waals surface area contributed by atoms with E-state index in [2.05, 4.69) is 5.32 Å². The average molecular weight is 282 g/mol. The van der Waals surface area contributed by atoms with Crippen LogP contribution in [0, 0.1) is 5.82 Å². The van der Waals surface area contributed by atoms with Crippen molar-refractivity contribution in [2.24, 2.45) is 0 Å². The zero-order chi connectivity index (χ0) is 15.0. The van der Waals surface area contributed by atoms with E-state index < -0.39 is 0 Å². The lowest BCUT2D eigenvalue weighted by Gasteiger charge is -2.21. The van der Waals surface area contributed by atoms with Crippen molar-refractivity contribution in [1.82, 2.24) is 5.32 Å². The molecule has 0 saturated carbocycles. The van der Waals surface area contributed by atoms with E-state index in [0.29, 0.717) is 5.69 Å². The molecule has 20 heavy (non-hydrogen) atoms. The molecule has 1 aromatic carbocycles. The van der Waals surface area contributed by atoms with Gasteiger partial charge in [-0.1, -0.05) is 13.0 Å². The van der Waals surface area contributed by atoms with Crippen LogP contribution in [0.1, 0.15) is 44.7 Å². The number of benzene rings is 1. The molecule has 0 fully saturated rings. The summed E-state index contributed by atoms with van der Waals surface area (Å²) in [6.07, 6.45) is 2.75. The molecule has 0 aliphatic rings. The minimum absolute atomic E-state index is 0.165. The fourth-order valence-corrected chi connectivity index (χ4v) is 2.28. The molecule has 0 saturated heterocycles. The summed E-state index contributed by atoms with van der Waals surface area (Å²) >= 11 is 0. The normalized spacial score (nSPS) is 12.4. The molecule has 0 aliphatic heterocycles. The Morgan fingerprint density at radius 1 is 1.30 bits per heavy atom. The predicted octanol–water partition coefficient (Wildman–Crippen LogP) is 3.10. The first kappa shape index (κ1) is 16.9. The predicted molar refractivity (Wildman–Crippen MR) is 82.7 cm³/mol. The van der Waals surface area contributed by atoms with Crippen molar-refractivity contribution >= 4 is 5.69 Å². The lowest BCUT2D eigenvalue weighted by Crippen LogP contribution is -2.21.